The summed E-state index contributed by atoms with van der Waals surface area (Å²) in [7, 11) is 0. The summed E-state index contributed by atoms with van der Waals surface area (Å²) in [6, 6.07) is 0. The molecule has 0 aromatic carbocycles. The van der Waals surface area contributed by atoms with E-state index >= 15 is 0 Å². The maximum atomic E-state index is 2.48. The van der Waals surface area contributed by atoms with Crippen LogP contribution in [0, 0.1) is 5.92 Å². The van der Waals surface area contributed by atoms with Gasteiger partial charge in [0.05, 0.1) is 0 Å². The van der Waals surface area contributed by atoms with Crippen LogP contribution < -0.4 is 0 Å². The topological polar surface area (TPSA) is 0 Å². The summed E-state index contributed by atoms with van der Waals surface area (Å²) in [5.74, 6) is 0.959. The van der Waals surface area contributed by atoms with Gasteiger partial charge in [0.25, 0.3) is 0 Å². The zero-order chi connectivity index (χ0) is 20.5. The van der Waals surface area contributed by atoms with Crippen molar-refractivity contribution in [3.05, 3.63) is 12.2 Å². The average Bonchev–Trinajstić information content (AvgIpc) is 2.70. The van der Waals surface area contributed by atoms with Crippen molar-refractivity contribution in [2.24, 2.45) is 5.92 Å². The highest BCUT2D eigenvalue weighted by molar-refractivity contribution is 4.81. The molecule has 28 heavy (non-hydrogen) atoms. The third-order valence-electron chi connectivity index (χ3n) is 6.26. The van der Waals surface area contributed by atoms with Crippen molar-refractivity contribution in [3.8, 4) is 0 Å². The highest BCUT2D eigenvalue weighted by atomic mass is 14.1. The molecule has 0 amide bonds. The SMILES string of the molecule is CCCCCCCC/C=C/CCCCCCCC(C)CCCCCCCCC. The van der Waals surface area contributed by atoms with Gasteiger partial charge in [-0.3, -0.25) is 0 Å². The lowest BCUT2D eigenvalue weighted by Crippen LogP contribution is -1.95. The Morgan fingerprint density at radius 1 is 0.429 bits per heavy atom. The first-order chi connectivity index (χ1) is 13.8. The first kappa shape index (κ1) is 27.7. The zero-order valence-corrected chi connectivity index (χ0v) is 20.3. The fraction of sp³-hybridized carbons (Fsp3) is 0.929. The maximum Gasteiger partial charge on any atom is -0.0351 e. The van der Waals surface area contributed by atoms with E-state index in [1.54, 1.807) is 0 Å². The van der Waals surface area contributed by atoms with E-state index in [1.165, 1.54) is 141 Å². The van der Waals surface area contributed by atoms with Gasteiger partial charge in [0.15, 0.2) is 0 Å². The highest BCUT2D eigenvalue weighted by Gasteiger charge is 2.02. The van der Waals surface area contributed by atoms with Gasteiger partial charge in [0.1, 0.15) is 0 Å². The molecule has 168 valence electrons. The fourth-order valence-electron chi connectivity index (χ4n) is 4.16. The number of hydrogen-bond donors (Lipinski definition) is 0. The third-order valence-corrected chi connectivity index (χ3v) is 6.26. The standard InChI is InChI=1S/C28H56/c1-4-6-8-10-12-13-14-15-16-17-18-19-21-23-25-27-28(3)26-24-22-20-11-9-7-5-2/h15-16,28H,4-14,17-27H2,1-3H3/b16-15+. The molecule has 0 aromatic heterocycles. The fourth-order valence-corrected chi connectivity index (χ4v) is 4.16. The van der Waals surface area contributed by atoms with Gasteiger partial charge in [-0.1, -0.05) is 148 Å². The monoisotopic (exact) mass is 392 g/mol. The van der Waals surface area contributed by atoms with E-state index in [9.17, 15) is 0 Å². The Kier molecular flexibility index (Phi) is 24.5. The molecule has 0 saturated carbocycles. The molecule has 0 bridgehead atoms. The molecule has 0 heterocycles. The number of allylic oxidation sites excluding steroid dienone is 2. The third kappa shape index (κ3) is 23.8. The Balaban J connectivity index is 3.18. The van der Waals surface area contributed by atoms with Gasteiger partial charge in [0.2, 0.25) is 0 Å². The van der Waals surface area contributed by atoms with Crippen molar-refractivity contribution in [2.45, 2.75) is 162 Å². The summed E-state index contributed by atoms with van der Waals surface area (Å²) in [4.78, 5) is 0. The van der Waals surface area contributed by atoms with Crippen molar-refractivity contribution in [3.63, 3.8) is 0 Å². The first-order valence-corrected chi connectivity index (χ1v) is 13.5. The molecular formula is C28H56. The van der Waals surface area contributed by atoms with Crippen LogP contribution in [-0.4, -0.2) is 0 Å². The molecule has 0 heteroatoms. The van der Waals surface area contributed by atoms with E-state index in [4.69, 9.17) is 0 Å². The minimum Gasteiger partial charge on any atom is -0.0885 e. The largest absolute Gasteiger partial charge is 0.0885 e. The predicted molar refractivity (Wildman–Crippen MR) is 131 cm³/mol. The first-order valence-electron chi connectivity index (χ1n) is 13.5. The second-order valence-electron chi connectivity index (χ2n) is 9.39. The molecule has 0 N–H and O–H groups in total. The average molecular weight is 393 g/mol. The van der Waals surface area contributed by atoms with Crippen LogP contribution in [0.4, 0.5) is 0 Å². The lowest BCUT2D eigenvalue weighted by Gasteiger charge is -2.11. The van der Waals surface area contributed by atoms with Crippen molar-refractivity contribution in [1.82, 2.24) is 0 Å². The molecule has 0 aliphatic carbocycles. The molecule has 0 aliphatic rings. The summed E-state index contributed by atoms with van der Waals surface area (Å²) in [5, 5.41) is 0. The van der Waals surface area contributed by atoms with Gasteiger partial charge in [-0.05, 0) is 31.6 Å². The lowest BCUT2D eigenvalue weighted by molar-refractivity contribution is 0.431. The summed E-state index contributed by atoms with van der Waals surface area (Å²) in [6.07, 6.45) is 36.3. The Hall–Kier alpha value is -0.260. The lowest BCUT2D eigenvalue weighted by atomic mass is 9.96. The van der Waals surface area contributed by atoms with Gasteiger partial charge in [0, 0.05) is 0 Å². The molecule has 0 aromatic rings. The molecule has 0 aliphatic heterocycles. The van der Waals surface area contributed by atoms with Crippen LogP contribution in [-0.2, 0) is 0 Å². The second kappa shape index (κ2) is 24.8. The van der Waals surface area contributed by atoms with E-state index in [0.717, 1.165) is 5.92 Å². The van der Waals surface area contributed by atoms with Crippen LogP contribution >= 0.6 is 0 Å². The van der Waals surface area contributed by atoms with E-state index < -0.39 is 0 Å². The Morgan fingerprint density at radius 2 is 0.750 bits per heavy atom. The number of unbranched alkanes of at least 4 members (excludes halogenated alkanes) is 17. The minimum absolute atomic E-state index is 0.959. The maximum absolute atomic E-state index is 2.48. The quantitative estimate of drug-likeness (QED) is 0.120. The van der Waals surface area contributed by atoms with Crippen LogP contribution in [0.3, 0.4) is 0 Å². The smallest absolute Gasteiger partial charge is 0.0351 e. The van der Waals surface area contributed by atoms with Crippen LogP contribution in [0.15, 0.2) is 12.2 Å². The number of hydrogen-bond acceptors (Lipinski definition) is 0. The van der Waals surface area contributed by atoms with Gasteiger partial charge >= 0.3 is 0 Å². The molecule has 1 atom stereocenters. The molecule has 0 rings (SSSR count). The van der Waals surface area contributed by atoms with Crippen LogP contribution in [0.5, 0.6) is 0 Å². The van der Waals surface area contributed by atoms with Crippen LogP contribution in [0.1, 0.15) is 162 Å². The number of rotatable bonds is 23. The highest BCUT2D eigenvalue weighted by Crippen LogP contribution is 2.18. The molecule has 1 unspecified atom stereocenters. The summed E-state index contributed by atoms with van der Waals surface area (Å²) in [6.45, 7) is 7.07. The van der Waals surface area contributed by atoms with Gasteiger partial charge in [-0.15, -0.1) is 0 Å². The molecule has 0 radical (unpaired) electrons. The van der Waals surface area contributed by atoms with Crippen LogP contribution in [0.2, 0.25) is 0 Å². The molecule has 0 saturated heterocycles. The molecule has 0 spiro atoms. The molecule has 0 nitrogen and oxygen atoms in total. The second-order valence-corrected chi connectivity index (χ2v) is 9.39. The summed E-state index contributed by atoms with van der Waals surface area (Å²) in [5.41, 5.74) is 0. The summed E-state index contributed by atoms with van der Waals surface area (Å²) >= 11 is 0. The van der Waals surface area contributed by atoms with Crippen molar-refractivity contribution in [1.29, 1.82) is 0 Å². The van der Waals surface area contributed by atoms with Crippen molar-refractivity contribution in [2.75, 3.05) is 0 Å². The Morgan fingerprint density at radius 3 is 1.14 bits per heavy atom. The minimum atomic E-state index is 0.959. The Bertz CT molecular complexity index is 290. The van der Waals surface area contributed by atoms with Crippen molar-refractivity contribution >= 4 is 0 Å². The molecule has 0 fully saturated rings. The zero-order valence-electron chi connectivity index (χ0n) is 20.3. The van der Waals surface area contributed by atoms with E-state index in [-0.39, 0.29) is 0 Å². The van der Waals surface area contributed by atoms with Gasteiger partial charge in [-0.25, -0.2) is 0 Å². The van der Waals surface area contributed by atoms with Crippen LogP contribution in [0.25, 0.3) is 0 Å². The van der Waals surface area contributed by atoms with E-state index in [2.05, 4.69) is 32.9 Å². The molecular weight excluding hydrogens is 336 g/mol. The Labute approximate surface area is 180 Å². The predicted octanol–water partition coefficient (Wildman–Crippen LogP) is 10.8. The van der Waals surface area contributed by atoms with Gasteiger partial charge in [-0.2, -0.15) is 0 Å². The normalized spacial score (nSPS) is 12.8. The van der Waals surface area contributed by atoms with Gasteiger partial charge < -0.3 is 0 Å². The van der Waals surface area contributed by atoms with Crippen molar-refractivity contribution < 1.29 is 0 Å². The van der Waals surface area contributed by atoms with E-state index in [1.807, 2.05) is 0 Å². The summed E-state index contributed by atoms with van der Waals surface area (Å²) < 4.78 is 0. The van der Waals surface area contributed by atoms with E-state index in [0.29, 0.717) is 0 Å².